The number of carbonyl (C=O) groups excluding carboxylic acids is 1. The summed E-state index contributed by atoms with van der Waals surface area (Å²) < 4.78 is 0. The first kappa shape index (κ1) is 11.6. The monoisotopic (exact) mass is 238 g/mol. The van der Waals surface area contributed by atoms with E-state index in [1.165, 1.54) is 0 Å². The molecule has 1 unspecified atom stereocenters. The lowest BCUT2D eigenvalue weighted by molar-refractivity contribution is -0.134. The average Bonchev–Trinajstić information content (AvgIpc) is 2.70. The van der Waals surface area contributed by atoms with Gasteiger partial charge < -0.3 is 9.80 Å². The molecule has 16 heavy (non-hydrogen) atoms. The fourth-order valence-corrected chi connectivity index (χ4v) is 2.87. The van der Waals surface area contributed by atoms with Crippen LogP contribution in [0.5, 0.6) is 0 Å². The number of rotatable bonds is 2. The highest BCUT2D eigenvalue weighted by Crippen LogP contribution is 2.14. The minimum absolute atomic E-state index is 0.267. The summed E-state index contributed by atoms with van der Waals surface area (Å²) in [6.45, 7) is 4.96. The van der Waals surface area contributed by atoms with Crippen molar-refractivity contribution in [2.45, 2.75) is 19.4 Å². The summed E-state index contributed by atoms with van der Waals surface area (Å²) >= 11 is 1.66. The normalized spacial score (nSPS) is 22.4. The first-order chi connectivity index (χ1) is 7.66. The SMILES string of the molecule is CC1CN(C)CCN1C(=O)Cc1cccs1. The molecule has 0 bridgehead atoms. The lowest BCUT2D eigenvalue weighted by Crippen LogP contribution is -2.53. The van der Waals surface area contributed by atoms with Crippen LogP contribution >= 0.6 is 11.3 Å². The van der Waals surface area contributed by atoms with Crippen molar-refractivity contribution in [2.75, 3.05) is 26.7 Å². The zero-order valence-corrected chi connectivity index (χ0v) is 10.7. The number of amides is 1. The largest absolute Gasteiger partial charge is 0.337 e. The molecule has 88 valence electrons. The second-order valence-corrected chi connectivity index (χ2v) is 5.49. The summed E-state index contributed by atoms with van der Waals surface area (Å²) in [6, 6.07) is 4.37. The quantitative estimate of drug-likeness (QED) is 0.778. The predicted molar refractivity (Wildman–Crippen MR) is 66.7 cm³/mol. The van der Waals surface area contributed by atoms with E-state index in [0.29, 0.717) is 12.5 Å². The molecule has 0 aliphatic carbocycles. The fourth-order valence-electron chi connectivity index (χ4n) is 2.17. The van der Waals surface area contributed by atoms with Gasteiger partial charge in [0.05, 0.1) is 6.42 Å². The summed E-state index contributed by atoms with van der Waals surface area (Å²) in [5, 5.41) is 2.02. The van der Waals surface area contributed by atoms with Crippen molar-refractivity contribution in [3.05, 3.63) is 22.4 Å². The van der Waals surface area contributed by atoms with Crippen LogP contribution in [0.3, 0.4) is 0 Å². The van der Waals surface area contributed by atoms with E-state index >= 15 is 0 Å². The van der Waals surface area contributed by atoms with E-state index in [-0.39, 0.29) is 5.91 Å². The second kappa shape index (κ2) is 4.97. The first-order valence-corrected chi connectivity index (χ1v) is 6.55. The van der Waals surface area contributed by atoms with Gasteiger partial charge in [0.1, 0.15) is 0 Å². The number of hydrogen-bond donors (Lipinski definition) is 0. The second-order valence-electron chi connectivity index (χ2n) is 4.45. The van der Waals surface area contributed by atoms with Gasteiger partial charge in [-0.2, -0.15) is 0 Å². The minimum atomic E-state index is 0.267. The molecule has 0 radical (unpaired) electrons. The lowest BCUT2D eigenvalue weighted by Gasteiger charge is -2.38. The van der Waals surface area contributed by atoms with Gasteiger partial charge >= 0.3 is 0 Å². The van der Waals surface area contributed by atoms with Crippen molar-refractivity contribution < 1.29 is 4.79 Å². The highest BCUT2D eigenvalue weighted by atomic mass is 32.1. The zero-order chi connectivity index (χ0) is 11.5. The van der Waals surface area contributed by atoms with E-state index < -0.39 is 0 Å². The van der Waals surface area contributed by atoms with Gasteiger partial charge in [0.25, 0.3) is 0 Å². The third kappa shape index (κ3) is 2.62. The molecule has 4 heteroatoms. The fraction of sp³-hybridized carbons (Fsp3) is 0.583. The minimum Gasteiger partial charge on any atom is -0.337 e. The highest BCUT2D eigenvalue weighted by molar-refractivity contribution is 7.10. The van der Waals surface area contributed by atoms with Gasteiger partial charge in [0.2, 0.25) is 5.91 Å². The van der Waals surface area contributed by atoms with E-state index in [9.17, 15) is 4.79 Å². The van der Waals surface area contributed by atoms with Crippen molar-refractivity contribution in [1.82, 2.24) is 9.80 Å². The van der Waals surface area contributed by atoms with Crippen LogP contribution in [0.2, 0.25) is 0 Å². The van der Waals surface area contributed by atoms with E-state index in [1.54, 1.807) is 11.3 Å². The van der Waals surface area contributed by atoms with Gasteiger partial charge in [-0.3, -0.25) is 4.79 Å². The molecule has 1 aromatic rings. The number of likely N-dealkylation sites (N-methyl/N-ethyl adjacent to an activating group) is 1. The van der Waals surface area contributed by atoms with E-state index in [2.05, 4.69) is 18.9 Å². The lowest BCUT2D eigenvalue weighted by atomic mass is 10.2. The molecule has 0 saturated carbocycles. The van der Waals surface area contributed by atoms with Crippen molar-refractivity contribution in [2.24, 2.45) is 0 Å². The summed E-state index contributed by atoms with van der Waals surface area (Å²) in [7, 11) is 2.11. The Morgan fingerprint density at radius 3 is 3.00 bits per heavy atom. The number of piperazine rings is 1. The molecule has 0 N–H and O–H groups in total. The number of thiophene rings is 1. The van der Waals surface area contributed by atoms with Gasteiger partial charge in [-0.15, -0.1) is 11.3 Å². The van der Waals surface area contributed by atoms with Crippen LogP contribution < -0.4 is 0 Å². The summed E-state index contributed by atoms with van der Waals surface area (Å²) in [4.78, 5) is 17.6. The van der Waals surface area contributed by atoms with Crippen LogP contribution in [0, 0.1) is 0 Å². The molecule has 0 spiro atoms. The third-order valence-corrected chi connectivity index (χ3v) is 3.93. The highest BCUT2D eigenvalue weighted by Gasteiger charge is 2.25. The Morgan fingerprint density at radius 1 is 1.56 bits per heavy atom. The molecule has 1 amide bonds. The molecule has 1 saturated heterocycles. The molecule has 1 aliphatic heterocycles. The molecule has 3 nitrogen and oxygen atoms in total. The van der Waals surface area contributed by atoms with E-state index in [4.69, 9.17) is 0 Å². The van der Waals surface area contributed by atoms with Crippen LogP contribution in [0.4, 0.5) is 0 Å². The standard InChI is InChI=1S/C12H18N2OS/c1-10-9-13(2)5-6-14(10)12(15)8-11-4-3-7-16-11/h3-4,7,10H,5-6,8-9H2,1-2H3. The molecule has 1 fully saturated rings. The molecule has 1 aromatic heterocycles. The Hall–Kier alpha value is -0.870. The van der Waals surface area contributed by atoms with Gasteiger partial charge in [-0.05, 0) is 25.4 Å². The Kier molecular flexibility index (Phi) is 3.61. The van der Waals surface area contributed by atoms with Crippen molar-refractivity contribution in [3.8, 4) is 0 Å². The van der Waals surface area contributed by atoms with E-state index in [1.807, 2.05) is 22.4 Å². The molecule has 2 heterocycles. The number of hydrogen-bond acceptors (Lipinski definition) is 3. The Labute approximate surface area is 101 Å². The summed E-state index contributed by atoms with van der Waals surface area (Å²) in [5.41, 5.74) is 0. The van der Waals surface area contributed by atoms with Crippen molar-refractivity contribution >= 4 is 17.2 Å². The number of carbonyl (C=O) groups is 1. The summed E-state index contributed by atoms with van der Waals surface area (Å²) in [6.07, 6.45) is 0.561. The van der Waals surface area contributed by atoms with Gasteiger partial charge in [-0.25, -0.2) is 0 Å². The molecular formula is C12H18N2OS. The van der Waals surface area contributed by atoms with Crippen LogP contribution in [0.15, 0.2) is 17.5 Å². The van der Waals surface area contributed by atoms with Crippen LogP contribution in [0.25, 0.3) is 0 Å². The Bertz CT molecular complexity index is 350. The topological polar surface area (TPSA) is 23.6 Å². The maximum Gasteiger partial charge on any atom is 0.228 e. The molecule has 1 atom stereocenters. The molecule has 2 rings (SSSR count). The Balaban J connectivity index is 1.94. The smallest absolute Gasteiger partial charge is 0.228 e. The van der Waals surface area contributed by atoms with Crippen molar-refractivity contribution in [1.29, 1.82) is 0 Å². The van der Waals surface area contributed by atoms with Gasteiger partial charge in [0, 0.05) is 30.6 Å². The van der Waals surface area contributed by atoms with Crippen molar-refractivity contribution in [3.63, 3.8) is 0 Å². The van der Waals surface area contributed by atoms with Crippen LogP contribution in [-0.2, 0) is 11.2 Å². The maximum atomic E-state index is 12.1. The average molecular weight is 238 g/mol. The molecular weight excluding hydrogens is 220 g/mol. The predicted octanol–water partition coefficient (Wildman–Crippen LogP) is 1.45. The Morgan fingerprint density at radius 2 is 2.38 bits per heavy atom. The zero-order valence-electron chi connectivity index (χ0n) is 9.85. The van der Waals surface area contributed by atoms with Gasteiger partial charge in [-0.1, -0.05) is 6.07 Å². The van der Waals surface area contributed by atoms with Crippen LogP contribution in [0.1, 0.15) is 11.8 Å². The van der Waals surface area contributed by atoms with Crippen LogP contribution in [-0.4, -0.2) is 48.4 Å². The first-order valence-electron chi connectivity index (χ1n) is 5.67. The maximum absolute atomic E-state index is 12.1. The van der Waals surface area contributed by atoms with Gasteiger partial charge in [0.15, 0.2) is 0 Å². The van der Waals surface area contributed by atoms with E-state index in [0.717, 1.165) is 24.5 Å². The third-order valence-electron chi connectivity index (χ3n) is 3.06. The molecule has 0 aromatic carbocycles. The molecule has 1 aliphatic rings. The number of nitrogens with zero attached hydrogens (tertiary/aromatic N) is 2. The summed E-state index contributed by atoms with van der Waals surface area (Å²) in [5.74, 6) is 0.267.